The summed E-state index contributed by atoms with van der Waals surface area (Å²) in [6.07, 6.45) is 5.06. The van der Waals surface area contributed by atoms with Crippen LogP contribution >= 0.6 is 11.3 Å². The minimum Gasteiger partial charge on any atom is -0.303 e. The Kier molecular flexibility index (Phi) is 3.26. The average Bonchev–Trinajstić information content (AvgIpc) is 2.72. The molecule has 0 aliphatic carbocycles. The fourth-order valence-corrected chi connectivity index (χ4v) is 2.42. The number of piperidine rings is 1. The molecule has 0 radical (unpaired) electrons. The zero-order valence-electron chi connectivity index (χ0n) is 8.06. The molecule has 1 aromatic rings. The van der Waals surface area contributed by atoms with E-state index in [1.54, 1.807) is 11.3 Å². The number of aldehydes is 1. The van der Waals surface area contributed by atoms with E-state index in [0.29, 0.717) is 5.92 Å². The third-order valence-electron chi connectivity index (χ3n) is 2.69. The highest BCUT2D eigenvalue weighted by molar-refractivity contribution is 7.09. The lowest BCUT2D eigenvalue weighted by Crippen LogP contribution is -2.33. The molecule has 0 saturated carbocycles. The lowest BCUT2D eigenvalue weighted by atomic mass is 9.99. The predicted molar refractivity (Wildman–Crippen MR) is 56.2 cm³/mol. The summed E-state index contributed by atoms with van der Waals surface area (Å²) in [5, 5.41) is 0. The zero-order valence-corrected chi connectivity index (χ0v) is 8.87. The zero-order chi connectivity index (χ0) is 9.80. The third-order valence-corrected chi connectivity index (χ3v) is 3.45. The van der Waals surface area contributed by atoms with E-state index < -0.39 is 0 Å². The number of carbonyl (C=O) groups is 1. The van der Waals surface area contributed by atoms with Gasteiger partial charge in [0.15, 0.2) is 0 Å². The van der Waals surface area contributed by atoms with Crippen molar-refractivity contribution in [2.24, 2.45) is 5.92 Å². The van der Waals surface area contributed by atoms with Crippen molar-refractivity contribution in [2.45, 2.75) is 19.4 Å². The molecule has 1 aromatic heterocycles. The van der Waals surface area contributed by atoms with Gasteiger partial charge in [-0.25, -0.2) is 0 Å². The van der Waals surface area contributed by atoms with Gasteiger partial charge in [0.05, 0.1) is 5.51 Å². The van der Waals surface area contributed by atoms with Crippen molar-refractivity contribution in [1.29, 1.82) is 0 Å². The standard InChI is InChI=1S/C10H14N2OS/c13-7-9-1-3-12(4-2-9)6-10-5-11-8-14-10/h5,7-9H,1-4,6H2. The van der Waals surface area contributed by atoms with Crippen LogP contribution in [0.15, 0.2) is 11.7 Å². The second-order valence-corrected chi connectivity index (χ2v) is 4.69. The smallest absolute Gasteiger partial charge is 0.123 e. The number of hydrogen-bond donors (Lipinski definition) is 0. The van der Waals surface area contributed by atoms with Gasteiger partial charge in [-0.2, -0.15) is 0 Å². The van der Waals surface area contributed by atoms with E-state index in [1.807, 2.05) is 11.7 Å². The fourth-order valence-electron chi connectivity index (χ4n) is 1.79. The third kappa shape index (κ3) is 2.39. The van der Waals surface area contributed by atoms with Gasteiger partial charge in [-0.05, 0) is 25.9 Å². The molecular weight excluding hydrogens is 196 g/mol. The molecule has 3 nitrogen and oxygen atoms in total. The van der Waals surface area contributed by atoms with Crippen LogP contribution in [-0.2, 0) is 11.3 Å². The molecule has 0 aromatic carbocycles. The summed E-state index contributed by atoms with van der Waals surface area (Å²) < 4.78 is 0. The van der Waals surface area contributed by atoms with Crippen molar-refractivity contribution in [2.75, 3.05) is 13.1 Å². The lowest BCUT2D eigenvalue weighted by Gasteiger charge is -2.28. The first-order valence-corrected chi connectivity index (χ1v) is 5.81. The Bertz CT molecular complexity index is 278. The van der Waals surface area contributed by atoms with Crippen molar-refractivity contribution in [3.63, 3.8) is 0 Å². The second kappa shape index (κ2) is 4.66. The van der Waals surface area contributed by atoms with Crippen LogP contribution in [0, 0.1) is 5.92 Å². The summed E-state index contributed by atoms with van der Waals surface area (Å²) in [7, 11) is 0. The van der Waals surface area contributed by atoms with Crippen LogP contribution in [0.25, 0.3) is 0 Å². The highest BCUT2D eigenvalue weighted by Gasteiger charge is 2.18. The van der Waals surface area contributed by atoms with E-state index in [9.17, 15) is 4.79 Å². The van der Waals surface area contributed by atoms with Crippen molar-refractivity contribution < 1.29 is 4.79 Å². The minimum atomic E-state index is 0.299. The SMILES string of the molecule is O=CC1CCN(Cc2cncs2)CC1. The number of hydrogen-bond acceptors (Lipinski definition) is 4. The molecule has 1 saturated heterocycles. The first-order valence-electron chi connectivity index (χ1n) is 4.93. The summed E-state index contributed by atoms with van der Waals surface area (Å²) in [6, 6.07) is 0. The second-order valence-electron chi connectivity index (χ2n) is 3.72. The summed E-state index contributed by atoms with van der Waals surface area (Å²) in [5.74, 6) is 0.299. The van der Waals surface area contributed by atoms with Crippen LogP contribution in [-0.4, -0.2) is 29.3 Å². The molecule has 0 spiro atoms. The molecule has 0 atom stereocenters. The van der Waals surface area contributed by atoms with Crippen LogP contribution in [0.3, 0.4) is 0 Å². The average molecular weight is 210 g/mol. The van der Waals surface area contributed by atoms with Crippen LogP contribution in [0.5, 0.6) is 0 Å². The molecule has 14 heavy (non-hydrogen) atoms. The van der Waals surface area contributed by atoms with E-state index in [-0.39, 0.29) is 0 Å². The van der Waals surface area contributed by atoms with E-state index in [1.165, 1.54) is 4.88 Å². The number of thiazole rings is 1. The van der Waals surface area contributed by atoms with E-state index in [0.717, 1.165) is 38.8 Å². The predicted octanol–water partition coefficient (Wildman–Crippen LogP) is 1.55. The molecule has 4 heteroatoms. The normalized spacial score (nSPS) is 19.7. The Morgan fingerprint density at radius 3 is 2.93 bits per heavy atom. The molecular formula is C10H14N2OS. The van der Waals surface area contributed by atoms with E-state index in [4.69, 9.17) is 0 Å². The van der Waals surface area contributed by atoms with Crippen molar-refractivity contribution in [1.82, 2.24) is 9.88 Å². The maximum absolute atomic E-state index is 10.6. The molecule has 1 fully saturated rings. The largest absolute Gasteiger partial charge is 0.303 e. The van der Waals surface area contributed by atoms with Gasteiger partial charge in [0.25, 0.3) is 0 Å². The maximum atomic E-state index is 10.6. The summed E-state index contributed by atoms with van der Waals surface area (Å²) in [6.45, 7) is 3.08. The number of aromatic nitrogens is 1. The molecule has 0 N–H and O–H groups in total. The van der Waals surface area contributed by atoms with Gasteiger partial charge in [0.1, 0.15) is 6.29 Å². The quantitative estimate of drug-likeness (QED) is 0.710. The first kappa shape index (κ1) is 9.80. The van der Waals surface area contributed by atoms with Gasteiger partial charge < -0.3 is 4.79 Å². The van der Waals surface area contributed by atoms with Gasteiger partial charge in [0, 0.05) is 23.5 Å². The maximum Gasteiger partial charge on any atom is 0.123 e. The van der Waals surface area contributed by atoms with E-state index in [2.05, 4.69) is 9.88 Å². The summed E-state index contributed by atoms with van der Waals surface area (Å²) in [5.41, 5.74) is 1.87. The summed E-state index contributed by atoms with van der Waals surface area (Å²) in [4.78, 5) is 18.3. The molecule has 2 heterocycles. The molecule has 0 unspecified atom stereocenters. The van der Waals surface area contributed by atoms with Gasteiger partial charge in [-0.1, -0.05) is 0 Å². The Balaban J connectivity index is 1.81. The summed E-state index contributed by atoms with van der Waals surface area (Å²) >= 11 is 1.70. The number of likely N-dealkylation sites (tertiary alicyclic amines) is 1. The Labute approximate surface area is 87.8 Å². The Morgan fingerprint density at radius 2 is 2.36 bits per heavy atom. The van der Waals surface area contributed by atoms with Crippen molar-refractivity contribution >= 4 is 17.6 Å². The first-order chi connectivity index (χ1) is 6.88. The molecule has 1 aliphatic heterocycles. The van der Waals surface area contributed by atoms with Gasteiger partial charge >= 0.3 is 0 Å². The monoisotopic (exact) mass is 210 g/mol. The Hall–Kier alpha value is -0.740. The van der Waals surface area contributed by atoms with Crippen LogP contribution in [0.1, 0.15) is 17.7 Å². The number of rotatable bonds is 3. The molecule has 76 valence electrons. The molecule has 1 aliphatic rings. The highest BCUT2D eigenvalue weighted by atomic mass is 32.1. The fraction of sp³-hybridized carbons (Fsp3) is 0.600. The molecule has 0 amide bonds. The van der Waals surface area contributed by atoms with Crippen LogP contribution in [0.4, 0.5) is 0 Å². The van der Waals surface area contributed by atoms with Gasteiger partial charge in [-0.3, -0.25) is 9.88 Å². The van der Waals surface area contributed by atoms with Crippen LogP contribution < -0.4 is 0 Å². The van der Waals surface area contributed by atoms with Gasteiger partial charge in [0.2, 0.25) is 0 Å². The van der Waals surface area contributed by atoms with Crippen molar-refractivity contribution in [3.8, 4) is 0 Å². The van der Waals surface area contributed by atoms with E-state index >= 15 is 0 Å². The Morgan fingerprint density at radius 1 is 1.57 bits per heavy atom. The van der Waals surface area contributed by atoms with Gasteiger partial charge in [-0.15, -0.1) is 11.3 Å². The minimum absolute atomic E-state index is 0.299. The number of nitrogens with zero attached hydrogens (tertiary/aromatic N) is 2. The molecule has 0 bridgehead atoms. The number of carbonyl (C=O) groups excluding carboxylic acids is 1. The van der Waals surface area contributed by atoms with Crippen LogP contribution in [0.2, 0.25) is 0 Å². The molecule has 2 rings (SSSR count). The lowest BCUT2D eigenvalue weighted by molar-refractivity contribution is -0.112. The topological polar surface area (TPSA) is 33.2 Å². The highest BCUT2D eigenvalue weighted by Crippen LogP contribution is 2.18. The van der Waals surface area contributed by atoms with Crippen molar-refractivity contribution in [3.05, 3.63) is 16.6 Å².